The van der Waals surface area contributed by atoms with E-state index >= 15 is 0 Å². The van der Waals surface area contributed by atoms with Crippen LogP contribution in [0.15, 0.2) is 43.5 Å². The third-order valence-electron chi connectivity index (χ3n) is 6.33. The van der Waals surface area contributed by atoms with Crippen molar-refractivity contribution in [3.63, 3.8) is 0 Å². The summed E-state index contributed by atoms with van der Waals surface area (Å²) in [5, 5.41) is 0. The number of ketones is 1. The highest BCUT2D eigenvalue weighted by Gasteiger charge is 2.39. The number of hydrogen-bond donors (Lipinski definition) is 0. The smallest absolute Gasteiger partial charge is 0.343 e. The van der Waals surface area contributed by atoms with Gasteiger partial charge in [-0.1, -0.05) is 52.8 Å². The van der Waals surface area contributed by atoms with Crippen molar-refractivity contribution in [3.05, 3.63) is 54.6 Å². The molecule has 0 bridgehead atoms. The van der Waals surface area contributed by atoms with Crippen molar-refractivity contribution in [1.29, 1.82) is 0 Å². The molecule has 35 heavy (non-hydrogen) atoms. The van der Waals surface area contributed by atoms with Crippen molar-refractivity contribution in [3.8, 4) is 17.6 Å². The molecule has 0 aliphatic heterocycles. The van der Waals surface area contributed by atoms with Gasteiger partial charge >= 0.3 is 5.97 Å². The molecule has 3 rings (SSSR count). The Morgan fingerprint density at radius 1 is 1.14 bits per heavy atom. The lowest BCUT2D eigenvalue weighted by Gasteiger charge is -2.31. The number of carbonyl (C=O) groups is 2. The van der Waals surface area contributed by atoms with E-state index in [0.29, 0.717) is 24.2 Å². The first-order valence-corrected chi connectivity index (χ1v) is 13.0. The van der Waals surface area contributed by atoms with E-state index in [4.69, 9.17) is 4.74 Å². The Hall–Kier alpha value is -2.80. The van der Waals surface area contributed by atoms with Crippen molar-refractivity contribution in [2.45, 2.75) is 73.6 Å². The highest BCUT2D eigenvalue weighted by atomic mass is 16.6. The Morgan fingerprint density at radius 2 is 1.83 bits per heavy atom. The fraction of sp³-hybridized carbons (Fsp3) is 0.548. The van der Waals surface area contributed by atoms with Crippen LogP contribution in [0.4, 0.5) is 0 Å². The zero-order valence-corrected chi connectivity index (χ0v) is 23.0. The molecule has 4 atom stereocenters. The molecule has 0 saturated heterocycles. The first-order valence-electron chi connectivity index (χ1n) is 13.0. The van der Waals surface area contributed by atoms with Gasteiger partial charge in [-0.15, -0.1) is 25.0 Å². The van der Waals surface area contributed by atoms with Crippen LogP contribution in [0.1, 0.15) is 71.9 Å². The highest BCUT2D eigenvalue weighted by Crippen LogP contribution is 2.47. The van der Waals surface area contributed by atoms with Crippen LogP contribution in [0.3, 0.4) is 0 Å². The number of esters is 1. The summed E-state index contributed by atoms with van der Waals surface area (Å²) >= 11 is 0. The normalized spacial score (nSPS) is 19.9. The van der Waals surface area contributed by atoms with E-state index in [9.17, 15) is 9.59 Å². The monoisotopic (exact) mass is 482 g/mol. The Labute approximate surface area is 214 Å². The van der Waals surface area contributed by atoms with Gasteiger partial charge in [0.15, 0.2) is 12.4 Å². The van der Waals surface area contributed by atoms with Gasteiger partial charge in [-0.2, -0.15) is 0 Å². The average Bonchev–Trinajstić information content (AvgIpc) is 3.32. The zero-order valence-electron chi connectivity index (χ0n) is 23.0. The second-order valence-electron chi connectivity index (χ2n) is 8.13. The molecule has 1 saturated carbocycles. The van der Waals surface area contributed by atoms with Gasteiger partial charge in [-0.3, -0.25) is 4.79 Å². The lowest BCUT2D eigenvalue weighted by molar-refractivity contribution is -0.142. The molecule has 0 spiro atoms. The van der Waals surface area contributed by atoms with E-state index in [0.717, 1.165) is 31.4 Å². The molecule has 0 N–H and O–H groups in total. The molecule has 0 amide bonds. The van der Waals surface area contributed by atoms with E-state index in [1.54, 1.807) is 13.0 Å². The molecular formula is C31H46O4. The van der Waals surface area contributed by atoms with Crippen molar-refractivity contribution >= 4 is 11.8 Å². The number of methoxy groups -OCH3 is 1. The van der Waals surface area contributed by atoms with Gasteiger partial charge in [-0.25, -0.2) is 4.79 Å². The lowest BCUT2D eigenvalue weighted by atomic mass is 9.74. The van der Waals surface area contributed by atoms with Crippen LogP contribution in [0.2, 0.25) is 0 Å². The minimum atomic E-state index is -0.369. The summed E-state index contributed by atoms with van der Waals surface area (Å²) < 4.78 is 10.4. The average molecular weight is 483 g/mol. The molecule has 1 fully saturated rings. The molecule has 0 heterocycles. The van der Waals surface area contributed by atoms with Crippen LogP contribution in [0, 0.1) is 35.5 Å². The van der Waals surface area contributed by atoms with Gasteiger partial charge < -0.3 is 9.47 Å². The summed E-state index contributed by atoms with van der Waals surface area (Å²) in [6.45, 7) is 17.7. The van der Waals surface area contributed by atoms with Crippen LogP contribution < -0.4 is 4.74 Å². The molecule has 1 aromatic rings. The predicted octanol–water partition coefficient (Wildman–Crippen LogP) is 7.01. The summed E-state index contributed by atoms with van der Waals surface area (Å²) in [5.74, 6) is 8.01. The molecule has 2 aliphatic carbocycles. The predicted molar refractivity (Wildman–Crippen MR) is 146 cm³/mol. The first kappa shape index (κ1) is 32.2. The van der Waals surface area contributed by atoms with Crippen molar-refractivity contribution in [1.82, 2.24) is 0 Å². The standard InChI is InChI=1S/C25H30O4.2C2H6.C2H4/c1-4-5-7-17(2)23(26)13-12-18-10-11-20-15-22-19(14-21(18)20)8-6-9-24(22)29-16-25(27)28-3;3*1-2/h6,8-9,12-13,17-18,20-21H,7,10-11,14-16H2,1-3H3;2*1-2H3;1-2H2/b13-12+;;;/t17-,18+,20+,21+;;;/m0.../s1. The number of allylic oxidation sites excluding steroid dienone is 2. The molecule has 0 aromatic heterocycles. The number of benzene rings is 1. The minimum Gasteiger partial charge on any atom is -0.482 e. The molecule has 4 heteroatoms. The summed E-state index contributed by atoms with van der Waals surface area (Å²) in [6, 6.07) is 6.09. The van der Waals surface area contributed by atoms with Gasteiger partial charge in [-0.05, 0) is 73.6 Å². The van der Waals surface area contributed by atoms with E-state index in [1.807, 2.05) is 46.8 Å². The van der Waals surface area contributed by atoms with Crippen LogP contribution >= 0.6 is 0 Å². The van der Waals surface area contributed by atoms with Crippen LogP contribution in [0.5, 0.6) is 5.75 Å². The third-order valence-corrected chi connectivity index (χ3v) is 6.33. The van der Waals surface area contributed by atoms with Crippen molar-refractivity contribution in [2.75, 3.05) is 13.7 Å². The number of rotatable bonds is 7. The Kier molecular flexibility index (Phi) is 17.0. The van der Waals surface area contributed by atoms with Crippen LogP contribution in [0.25, 0.3) is 0 Å². The third kappa shape index (κ3) is 9.76. The first-order chi connectivity index (χ1) is 17.0. The quantitative estimate of drug-likeness (QED) is 0.182. The summed E-state index contributed by atoms with van der Waals surface area (Å²) in [4.78, 5) is 23.8. The minimum absolute atomic E-state index is 0.0440. The Morgan fingerprint density at radius 3 is 2.46 bits per heavy atom. The molecule has 0 radical (unpaired) electrons. The number of fused-ring (bicyclic) bond motifs is 2. The maximum absolute atomic E-state index is 12.4. The maximum atomic E-state index is 12.4. The number of ether oxygens (including phenoxy) is 2. The fourth-order valence-corrected chi connectivity index (χ4v) is 4.61. The van der Waals surface area contributed by atoms with E-state index in [-0.39, 0.29) is 24.3 Å². The Bertz CT molecular complexity index is 858. The van der Waals surface area contributed by atoms with E-state index in [1.165, 1.54) is 18.2 Å². The largest absolute Gasteiger partial charge is 0.482 e. The van der Waals surface area contributed by atoms with Crippen LogP contribution in [-0.4, -0.2) is 25.5 Å². The summed E-state index contributed by atoms with van der Waals surface area (Å²) in [6.07, 6.45) is 8.81. The maximum Gasteiger partial charge on any atom is 0.343 e. The number of carbonyl (C=O) groups excluding carboxylic acids is 2. The van der Waals surface area contributed by atoms with Gasteiger partial charge in [0, 0.05) is 12.3 Å². The molecular weight excluding hydrogens is 436 g/mol. The van der Waals surface area contributed by atoms with Gasteiger partial charge in [0.05, 0.1) is 7.11 Å². The molecule has 194 valence electrons. The van der Waals surface area contributed by atoms with Gasteiger partial charge in [0.2, 0.25) is 0 Å². The highest BCUT2D eigenvalue weighted by molar-refractivity contribution is 5.91. The van der Waals surface area contributed by atoms with Crippen molar-refractivity contribution in [2.24, 2.45) is 23.7 Å². The molecule has 2 aliphatic rings. The van der Waals surface area contributed by atoms with Gasteiger partial charge in [0.25, 0.3) is 0 Å². The number of hydrogen-bond acceptors (Lipinski definition) is 4. The molecule has 4 nitrogen and oxygen atoms in total. The SMILES string of the molecule is C=C.CC.CC.CC#CC[C@H](C)C(=O)/C=C/[C@H]1CC[C@@H]2Cc3c(cccc3OCC(=O)OC)C[C@@H]21. The summed E-state index contributed by atoms with van der Waals surface area (Å²) in [5.41, 5.74) is 2.52. The molecule has 0 unspecified atom stereocenters. The van der Waals surface area contributed by atoms with Crippen LogP contribution in [-0.2, 0) is 27.2 Å². The van der Waals surface area contributed by atoms with Crippen molar-refractivity contribution < 1.29 is 19.1 Å². The topological polar surface area (TPSA) is 52.6 Å². The fourth-order valence-electron chi connectivity index (χ4n) is 4.61. The van der Waals surface area contributed by atoms with E-state index in [2.05, 4.69) is 41.9 Å². The lowest BCUT2D eigenvalue weighted by Crippen LogP contribution is -2.25. The second kappa shape index (κ2) is 18.5. The summed E-state index contributed by atoms with van der Waals surface area (Å²) in [7, 11) is 1.37. The molecule has 1 aromatic carbocycles. The van der Waals surface area contributed by atoms with E-state index < -0.39 is 0 Å². The van der Waals surface area contributed by atoms with Gasteiger partial charge in [0.1, 0.15) is 5.75 Å². The Balaban J connectivity index is 0.00000179. The zero-order chi connectivity index (χ0) is 26.8. The second-order valence-corrected chi connectivity index (χ2v) is 8.13.